The monoisotopic (exact) mass is 415 g/mol. The van der Waals surface area contributed by atoms with Crippen LogP contribution in [0.5, 0.6) is 0 Å². The van der Waals surface area contributed by atoms with Gasteiger partial charge in [-0.3, -0.25) is 9.89 Å². The van der Waals surface area contributed by atoms with Gasteiger partial charge in [0.05, 0.1) is 6.54 Å². The Morgan fingerprint density at radius 2 is 2.14 bits per heavy atom. The molecule has 0 radical (unpaired) electrons. The first-order valence-corrected chi connectivity index (χ1v) is 10.8. The second-order valence-corrected chi connectivity index (χ2v) is 8.41. The summed E-state index contributed by atoms with van der Waals surface area (Å²) >= 11 is 6.26. The Morgan fingerprint density at radius 1 is 1.24 bits per heavy atom. The van der Waals surface area contributed by atoms with Gasteiger partial charge in [-0.05, 0) is 56.5 Å². The van der Waals surface area contributed by atoms with E-state index in [2.05, 4.69) is 54.5 Å². The van der Waals surface area contributed by atoms with Crippen molar-refractivity contribution in [3.05, 3.63) is 46.5 Å². The van der Waals surface area contributed by atoms with Gasteiger partial charge < -0.3 is 15.2 Å². The van der Waals surface area contributed by atoms with E-state index in [1.807, 2.05) is 19.2 Å². The van der Waals surface area contributed by atoms with Crippen LogP contribution in [0, 0.1) is 5.92 Å². The first kappa shape index (κ1) is 20.2. The molecule has 2 aromatic rings. The van der Waals surface area contributed by atoms with Gasteiger partial charge in [-0.15, -0.1) is 10.2 Å². The van der Waals surface area contributed by atoms with Gasteiger partial charge >= 0.3 is 0 Å². The highest BCUT2D eigenvalue weighted by atomic mass is 35.5. The van der Waals surface area contributed by atoms with Crippen LogP contribution in [0.3, 0.4) is 0 Å². The predicted octanol–water partition coefficient (Wildman–Crippen LogP) is 2.63. The summed E-state index contributed by atoms with van der Waals surface area (Å²) in [7, 11) is 4.02. The van der Waals surface area contributed by atoms with Gasteiger partial charge in [-0.1, -0.05) is 23.7 Å². The zero-order valence-corrected chi connectivity index (χ0v) is 18.0. The number of guanidine groups is 1. The number of aromatic nitrogens is 3. The molecule has 0 aliphatic carbocycles. The molecule has 3 heterocycles. The van der Waals surface area contributed by atoms with E-state index >= 15 is 0 Å². The van der Waals surface area contributed by atoms with Gasteiger partial charge in [0.1, 0.15) is 5.82 Å². The number of benzene rings is 1. The van der Waals surface area contributed by atoms with Crippen molar-refractivity contribution in [2.45, 2.75) is 44.8 Å². The van der Waals surface area contributed by atoms with Gasteiger partial charge in [0.25, 0.3) is 0 Å². The molecule has 7 nitrogen and oxygen atoms in total. The third-order valence-electron chi connectivity index (χ3n) is 6.05. The fourth-order valence-corrected chi connectivity index (χ4v) is 4.84. The highest BCUT2D eigenvalue weighted by molar-refractivity contribution is 6.30. The van der Waals surface area contributed by atoms with Crippen LogP contribution in [0.2, 0.25) is 5.02 Å². The number of likely N-dealkylation sites (tertiary alicyclic amines) is 1. The number of halogens is 1. The number of hydrogen-bond acceptors (Lipinski definition) is 4. The molecule has 29 heavy (non-hydrogen) atoms. The van der Waals surface area contributed by atoms with Gasteiger partial charge in [0, 0.05) is 37.6 Å². The molecule has 0 amide bonds. The second-order valence-electron chi connectivity index (χ2n) is 7.98. The van der Waals surface area contributed by atoms with E-state index in [0.29, 0.717) is 18.5 Å². The van der Waals surface area contributed by atoms with E-state index in [9.17, 15) is 0 Å². The summed E-state index contributed by atoms with van der Waals surface area (Å²) in [6, 6.07) is 8.62. The quantitative estimate of drug-likeness (QED) is 0.580. The first-order chi connectivity index (χ1) is 14.2. The van der Waals surface area contributed by atoms with Crippen molar-refractivity contribution < 1.29 is 0 Å². The van der Waals surface area contributed by atoms with E-state index in [1.54, 1.807) is 0 Å². The largest absolute Gasteiger partial charge is 0.356 e. The maximum absolute atomic E-state index is 6.26. The Balaban J connectivity index is 1.37. The molecule has 1 saturated heterocycles. The Morgan fingerprint density at radius 3 is 2.97 bits per heavy atom. The number of rotatable bonds is 5. The fourth-order valence-electron chi connectivity index (χ4n) is 4.64. The molecular formula is C21H30ClN7. The van der Waals surface area contributed by atoms with Crippen LogP contribution >= 0.6 is 11.6 Å². The molecule has 0 bridgehead atoms. The number of nitrogens with zero attached hydrogens (tertiary/aromatic N) is 5. The Labute approximate surface area is 177 Å². The van der Waals surface area contributed by atoms with Gasteiger partial charge in [0.15, 0.2) is 11.8 Å². The zero-order chi connectivity index (χ0) is 20.2. The minimum atomic E-state index is 0.354. The topological polar surface area (TPSA) is 70.4 Å². The zero-order valence-electron chi connectivity index (χ0n) is 17.2. The summed E-state index contributed by atoms with van der Waals surface area (Å²) < 4.78 is 2.21. The summed E-state index contributed by atoms with van der Waals surface area (Å²) in [6.45, 7) is 3.62. The fraction of sp³-hybridized carbons (Fsp3) is 0.571. The third kappa shape index (κ3) is 4.56. The van der Waals surface area contributed by atoms with Crippen LogP contribution < -0.4 is 10.6 Å². The van der Waals surface area contributed by atoms with Crippen molar-refractivity contribution in [3.63, 3.8) is 0 Å². The summed E-state index contributed by atoms with van der Waals surface area (Å²) in [5, 5.41) is 16.3. The number of fused-ring (bicyclic) bond motifs is 1. The van der Waals surface area contributed by atoms with E-state index in [0.717, 1.165) is 55.1 Å². The van der Waals surface area contributed by atoms with Crippen LogP contribution in [0.15, 0.2) is 29.3 Å². The molecule has 2 atom stereocenters. The average molecular weight is 416 g/mol. The molecule has 1 aromatic heterocycles. The maximum atomic E-state index is 6.26. The van der Waals surface area contributed by atoms with Crippen LogP contribution in [-0.4, -0.2) is 52.8 Å². The third-order valence-corrected chi connectivity index (χ3v) is 6.29. The summed E-state index contributed by atoms with van der Waals surface area (Å²) in [6.07, 6.45) is 4.58. The molecule has 1 fully saturated rings. The van der Waals surface area contributed by atoms with E-state index in [-0.39, 0.29) is 0 Å². The molecule has 2 aliphatic rings. The molecule has 2 N–H and O–H groups in total. The van der Waals surface area contributed by atoms with Gasteiger partial charge in [-0.2, -0.15) is 0 Å². The molecule has 2 unspecified atom stereocenters. The number of hydrogen-bond donors (Lipinski definition) is 2. The summed E-state index contributed by atoms with van der Waals surface area (Å²) in [5.74, 6) is 3.37. The normalized spacial score (nSPS) is 22.5. The highest BCUT2D eigenvalue weighted by Gasteiger charge is 2.30. The molecule has 4 rings (SSSR count). The van der Waals surface area contributed by atoms with Gasteiger partial charge in [-0.25, -0.2) is 0 Å². The van der Waals surface area contributed by atoms with Crippen molar-refractivity contribution in [1.82, 2.24) is 30.3 Å². The predicted molar refractivity (Wildman–Crippen MR) is 116 cm³/mol. The molecule has 8 heteroatoms. The van der Waals surface area contributed by atoms with Crippen LogP contribution in [-0.2, 0) is 19.5 Å². The van der Waals surface area contributed by atoms with E-state index in [1.165, 1.54) is 18.4 Å². The first-order valence-electron chi connectivity index (χ1n) is 10.5. The molecule has 156 valence electrons. The minimum Gasteiger partial charge on any atom is -0.356 e. The number of piperidine rings is 1. The summed E-state index contributed by atoms with van der Waals surface area (Å²) in [5.41, 5.74) is 1.29. The van der Waals surface area contributed by atoms with Gasteiger partial charge in [0.2, 0.25) is 0 Å². The maximum Gasteiger partial charge on any atom is 0.191 e. The van der Waals surface area contributed by atoms with E-state index < -0.39 is 0 Å². The SMILES string of the molecule is CN=C(NCc1nnc2n1CCC2)NCC1CCCN(C)C1c1cccc(Cl)c1. The Kier molecular flexibility index (Phi) is 6.35. The molecule has 0 saturated carbocycles. The van der Waals surface area contributed by atoms with Crippen LogP contribution in [0.25, 0.3) is 0 Å². The van der Waals surface area contributed by atoms with Crippen molar-refractivity contribution in [3.8, 4) is 0 Å². The smallest absolute Gasteiger partial charge is 0.191 e. The van der Waals surface area contributed by atoms with E-state index in [4.69, 9.17) is 11.6 Å². The molecule has 0 spiro atoms. The van der Waals surface area contributed by atoms with Crippen molar-refractivity contribution in [1.29, 1.82) is 0 Å². The lowest BCUT2D eigenvalue weighted by Gasteiger charge is -2.40. The molecule has 2 aliphatic heterocycles. The van der Waals surface area contributed by atoms with Crippen molar-refractivity contribution in [2.75, 3.05) is 27.2 Å². The molecular weight excluding hydrogens is 386 g/mol. The lowest BCUT2D eigenvalue weighted by Crippen LogP contribution is -2.45. The van der Waals surface area contributed by atoms with Crippen molar-refractivity contribution in [2.24, 2.45) is 10.9 Å². The minimum absolute atomic E-state index is 0.354. The lowest BCUT2D eigenvalue weighted by molar-refractivity contribution is 0.122. The average Bonchev–Trinajstić information content (AvgIpc) is 3.32. The highest BCUT2D eigenvalue weighted by Crippen LogP contribution is 2.35. The second kappa shape index (κ2) is 9.13. The molecule has 1 aromatic carbocycles. The van der Waals surface area contributed by atoms with Crippen LogP contribution in [0.4, 0.5) is 0 Å². The van der Waals surface area contributed by atoms with Crippen molar-refractivity contribution >= 4 is 17.6 Å². The Hall–Kier alpha value is -2.12. The number of aliphatic imine (C=N–C) groups is 1. The standard InChI is InChI=1S/C21H30ClN7/c1-23-21(25-14-19-27-26-18-9-5-11-29(18)19)24-13-16-7-4-10-28(2)20(16)15-6-3-8-17(22)12-15/h3,6,8,12,16,20H,4-5,7,9-11,13-14H2,1-2H3,(H2,23,24,25). The summed E-state index contributed by atoms with van der Waals surface area (Å²) in [4.78, 5) is 6.84. The van der Waals surface area contributed by atoms with Crippen LogP contribution in [0.1, 0.15) is 42.5 Å². The number of nitrogens with one attached hydrogen (secondary N) is 2. The Bertz CT molecular complexity index is 862. The number of aryl methyl sites for hydroxylation is 1. The lowest BCUT2D eigenvalue weighted by atomic mass is 9.85.